The third-order valence-corrected chi connectivity index (χ3v) is 3.99. The van der Waals surface area contributed by atoms with E-state index in [4.69, 9.17) is 11.6 Å². The van der Waals surface area contributed by atoms with Crippen molar-refractivity contribution in [1.29, 1.82) is 0 Å². The third-order valence-electron chi connectivity index (χ3n) is 3.58. The smallest absolute Gasteiger partial charge is 0.0663 e. The van der Waals surface area contributed by atoms with Gasteiger partial charge in [-0.05, 0) is 44.0 Å². The SMILES string of the molecule is CCCNCc1cnn(-c2ccc(C)c(Cl)c2)c1CCC. The minimum Gasteiger partial charge on any atom is -0.313 e. The van der Waals surface area contributed by atoms with E-state index in [-0.39, 0.29) is 0 Å². The summed E-state index contributed by atoms with van der Waals surface area (Å²) < 4.78 is 2.03. The summed E-state index contributed by atoms with van der Waals surface area (Å²) in [6.45, 7) is 8.30. The molecule has 2 aromatic rings. The predicted octanol–water partition coefficient (Wildman–Crippen LogP) is 4.29. The minimum absolute atomic E-state index is 0.788. The highest BCUT2D eigenvalue weighted by Gasteiger charge is 2.12. The van der Waals surface area contributed by atoms with Crippen molar-refractivity contribution in [2.75, 3.05) is 6.54 Å². The van der Waals surface area contributed by atoms with Gasteiger partial charge in [-0.15, -0.1) is 0 Å². The first-order chi connectivity index (χ1) is 10.2. The van der Waals surface area contributed by atoms with Crippen molar-refractivity contribution in [3.63, 3.8) is 0 Å². The summed E-state index contributed by atoms with van der Waals surface area (Å²) in [6.07, 6.45) is 5.24. The molecular formula is C17H24ClN3. The van der Waals surface area contributed by atoms with Crippen LogP contribution in [0.25, 0.3) is 5.69 Å². The lowest BCUT2D eigenvalue weighted by Crippen LogP contribution is -2.15. The van der Waals surface area contributed by atoms with Gasteiger partial charge in [-0.3, -0.25) is 0 Å². The van der Waals surface area contributed by atoms with E-state index in [2.05, 4.69) is 30.3 Å². The minimum atomic E-state index is 0.788. The Morgan fingerprint density at radius 2 is 2.05 bits per heavy atom. The van der Waals surface area contributed by atoms with E-state index in [1.54, 1.807) is 0 Å². The molecule has 3 nitrogen and oxygen atoms in total. The van der Waals surface area contributed by atoms with Crippen LogP contribution >= 0.6 is 11.6 Å². The van der Waals surface area contributed by atoms with Gasteiger partial charge in [-0.2, -0.15) is 5.10 Å². The Morgan fingerprint density at radius 1 is 1.24 bits per heavy atom. The number of hydrogen-bond acceptors (Lipinski definition) is 2. The monoisotopic (exact) mass is 305 g/mol. The van der Waals surface area contributed by atoms with E-state index >= 15 is 0 Å². The number of aromatic nitrogens is 2. The Labute approximate surface area is 132 Å². The molecule has 1 aromatic heterocycles. The molecule has 0 spiro atoms. The van der Waals surface area contributed by atoms with Crippen LogP contribution in [-0.4, -0.2) is 16.3 Å². The maximum atomic E-state index is 6.25. The van der Waals surface area contributed by atoms with Gasteiger partial charge in [-0.1, -0.05) is 37.9 Å². The molecule has 0 aliphatic rings. The summed E-state index contributed by atoms with van der Waals surface area (Å²) in [6, 6.07) is 6.12. The van der Waals surface area contributed by atoms with Gasteiger partial charge in [0.25, 0.3) is 0 Å². The molecule has 1 N–H and O–H groups in total. The number of hydrogen-bond donors (Lipinski definition) is 1. The lowest BCUT2D eigenvalue weighted by atomic mass is 10.1. The predicted molar refractivity (Wildman–Crippen MR) is 89.3 cm³/mol. The molecule has 0 atom stereocenters. The molecule has 2 rings (SSSR count). The van der Waals surface area contributed by atoms with Gasteiger partial charge in [0.05, 0.1) is 11.9 Å². The largest absolute Gasteiger partial charge is 0.313 e. The Balaban J connectivity index is 2.31. The highest BCUT2D eigenvalue weighted by molar-refractivity contribution is 6.31. The zero-order valence-corrected chi connectivity index (χ0v) is 13.9. The molecule has 0 unspecified atom stereocenters. The molecule has 0 fully saturated rings. The van der Waals surface area contributed by atoms with Gasteiger partial charge in [0, 0.05) is 22.8 Å². The van der Waals surface area contributed by atoms with Crippen LogP contribution < -0.4 is 5.32 Å². The fraction of sp³-hybridized carbons (Fsp3) is 0.471. The van der Waals surface area contributed by atoms with Gasteiger partial charge in [0.1, 0.15) is 0 Å². The second-order valence-corrected chi connectivity index (χ2v) is 5.80. The van der Waals surface area contributed by atoms with E-state index in [0.29, 0.717) is 0 Å². The number of nitrogens with one attached hydrogen (secondary N) is 1. The van der Waals surface area contributed by atoms with Crippen LogP contribution in [0, 0.1) is 6.92 Å². The fourth-order valence-corrected chi connectivity index (χ4v) is 2.57. The standard InChI is InChI=1S/C17H24ClN3/c1-4-6-17-14(11-19-9-5-2)12-20-21(17)15-8-7-13(3)16(18)10-15/h7-8,10,12,19H,4-6,9,11H2,1-3H3. The number of rotatable bonds is 7. The maximum absolute atomic E-state index is 6.25. The van der Waals surface area contributed by atoms with E-state index < -0.39 is 0 Å². The Bertz CT molecular complexity index is 590. The molecule has 1 aromatic carbocycles. The van der Waals surface area contributed by atoms with E-state index in [0.717, 1.165) is 48.6 Å². The summed E-state index contributed by atoms with van der Waals surface area (Å²) in [4.78, 5) is 0. The van der Waals surface area contributed by atoms with Gasteiger partial charge in [-0.25, -0.2) is 4.68 Å². The molecule has 0 amide bonds. The van der Waals surface area contributed by atoms with Crippen LogP contribution in [0.3, 0.4) is 0 Å². The Kier molecular flexibility index (Phi) is 5.83. The van der Waals surface area contributed by atoms with Crippen molar-refractivity contribution in [1.82, 2.24) is 15.1 Å². The van der Waals surface area contributed by atoms with Crippen molar-refractivity contribution >= 4 is 11.6 Å². The van der Waals surface area contributed by atoms with Gasteiger partial charge < -0.3 is 5.32 Å². The first-order valence-corrected chi connectivity index (χ1v) is 8.08. The number of aryl methyl sites for hydroxylation is 1. The van der Waals surface area contributed by atoms with Gasteiger partial charge >= 0.3 is 0 Å². The number of benzene rings is 1. The molecule has 0 bridgehead atoms. The second-order valence-electron chi connectivity index (χ2n) is 5.39. The van der Waals surface area contributed by atoms with Crippen LogP contribution in [0.15, 0.2) is 24.4 Å². The van der Waals surface area contributed by atoms with Crippen LogP contribution in [0.2, 0.25) is 5.02 Å². The molecule has 0 radical (unpaired) electrons. The number of halogens is 1. The Hall–Kier alpha value is -1.32. The Morgan fingerprint density at radius 3 is 2.71 bits per heavy atom. The molecule has 0 aliphatic carbocycles. The average molecular weight is 306 g/mol. The van der Waals surface area contributed by atoms with Gasteiger partial charge in [0.2, 0.25) is 0 Å². The molecule has 114 valence electrons. The summed E-state index contributed by atoms with van der Waals surface area (Å²) in [5.41, 5.74) is 4.69. The molecule has 0 saturated carbocycles. The lowest BCUT2D eigenvalue weighted by molar-refractivity contribution is 0.666. The quantitative estimate of drug-likeness (QED) is 0.774. The van der Waals surface area contributed by atoms with Gasteiger partial charge in [0.15, 0.2) is 0 Å². The molecule has 0 saturated heterocycles. The van der Waals surface area contributed by atoms with Crippen LogP contribution in [0.4, 0.5) is 0 Å². The lowest BCUT2D eigenvalue weighted by Gasteiger charge is -2.10. The zero-order valence-electron chi connectivity index (χ0n) is 13.1. The summed E-state index contributed by atoms with van der Waals surface area (Å²) in [5, 5.41) is 8.82. The summed E-state index contributed by atoms with van der Waals surface area (Å²) in [7, 11) is 0. The van der Waals surface area contributed by atoms with E-state index in [1.165, 1.54) is 11.3 Å². The van der Waals surface area contributed by atoms with Crippen molar-refractivity contribution in [3.05, 3.63) is 46.2 Å². The van der Waals surface area contributed by atoms with Crippen LogP contribution in [-0.2, 0) is 13.0 Å². The molecule has 0 aliphatic heterocycles. The summed E-state index contributed by atoms with van der Waals surface area (Å²) in [5.74, 6) is 0. The van der Waals surface area contributed by atoms with Crippen molar-refractivity contribution in [3.8, 4) is 5.69 Å². The van der Waals surface area contributed by atoms with Crippen LogP contribution in [0.5, 0.6) is 0 Å². The highest BCUT2D eigenvalue weighted by Crippen LogP contribution is 2.22. The van der Waals surface area contributed by atoms with Crippen molar-refractivity contribution < 1.29 is 0 Å². The normalized spacial score (nSPS) is 11.0. The van der Waals surface area contributed by atoms with E-state index in [9.17, 15) is 0 Å². The third kappa shape index (κ3) is 3.86. The zero-order chi connectivity index (χ0) is 15.2. The van der Waals surface area contributed by atoms with Crippen LogP contribution in [0.1, 0.15) is 43.5 Å². The second kappa shape index (κ2) is 7.62. The first-order valence-electron chi connectivity index (χ1n) is 7.70. The molecular weight excluding hydrogens is 282 g/mol. The van der Waals surface area contributed by atoms with Crippen molar-refractivity contribution in [2.24, 2.45) is 0 Å². The molecule has 4 heteroatoms. The maximum Gasteiger partial charge on any atom is 0.0663 e. The number of nitrogens with zero attached hydrogens (tertiary/aromatic N) is 2. The fourth-order valence-electron chi connectivity index (χ4n) is 2.39. The highest BCUT2D eigenvalue weighted by atomic mass is 35.5. The molecule has 1 heterocycles. The van der Waals surface area contributed by atoms with Crippen molar-refractivity contribution in [2.45, 2.75) is 46.6 Å². The first kappa shape index (κ1) is 16.1. The average Bonchev–Trinajstić information content (AvgIpc) is 2.86. The topological polar surface area (TPSA) is 29.9 Å². The molecule has 21 heavy (non-hydrogen) atoms. The van der Waals surface area contributed by atoms with E-state index in [1.807, 2.05) is 29.9 Å². The summed E-state index contributed by atoms with van der Waals surface area (Å²) >= 11 is 6.25.